The number of benzene rings is 4. The van der Waals surface area contributed by atoms with Gasteiger partial charge in [0, 0.05) is 9.79 Å². The highest BCUT2D eigenvalue weighted by Crippen LogP contribution is 2.28. The highest BCUT2D eigenvalue weighted by molar-refractivity contribution is 7.99. The van der Waals surface area contributed by atoms with Crippen LogP contribution in [0.4, 0.5) is 0 Å². The van der Waals surface area contributed by atoms with Gasteiger partial charge in [-0.15, -0.1) is 23.5 Å². The van der Waals surface area contributed by atoms with E-state index in [1.165, 1.54) is 66.2 Å². The van der Waals surface area contributed by atoms with Crippen LogP contribution in [0.2, 0.25) is 0 Å². The summed E-state index contributed by atoms with van der Waals surface area (Å²) in [7, 11) is 0. The molecule has 0 atom stereocenters. The molecular weight excluding hydrogens is 529 g/mol. The summed E-state index contributed by atoms with van der Waals surface area (Å²) in [5, 5.41) is 0. The monoisotopic (exact) mass is 568 g/mol. The molecule has 0 amide bonds. The molecule has 0 unspecified atom stereocenters. The van der Waals surface area contributed by atoms with Crippen molar-refractivity contribution in [3.8, 4) is 28.0 Å². The lowest BCUT2D eigenvalue weighted by Crippen LogP contribution is -2.08. The minimum absolute atomic E-state index is 0.349. The predicted molar refractivity (Wildman–Crippen MR) is 174 cm³/mol. The Morgan fingerprint density at radius 1 is 0.525 bits per heavy atom. The summed E-state index contributed by atoms with van der Waals surface area (Å²) >= 11 is 3.84. The number of esters is 1. The highest BCUT2D eigenvalue weighted by atomic mass is 32.2. The first-order valence-electron chi connectivity index (χ1n) is 14.5. The average Bonchev–Trinajstić information content (AvgIpc) is 3.00. The van der Waals surface area contributed by atoms with Crippen molar-refractivity contribution in [2.45, 2.75) is 68.6 Å². The number of carbonyl (C=O) groups is 1. The largest absolute Gasteiger partial charge is 0.423 e. The third kappa shape index (κ3) is 9.31. The van der Waals surface area contributed by atoms with Crippen LogP contribution in [0.1, 0.15) is 69.2 Å². The first-order chi connectivity index (χ1) is 19.7. The molecule has 0 saturated heterocycles. The van der Waals surface area contributed by atoms with E-state index >= 15 is 0 Å². The number of unbranched alkanes of at least 4 members (excludes halogenated alkanes) is 5. The van der Waals surface area contributed by atoms with Gasteiger partial charge in [0.25, 0.3) is 0 Å². The first-order valence-corrected chi connectivity index (χ1v) is 16.5. The van der Waals surface area contributed by atoms with Crippen LogP contribution in [0.25, 0.3) is 22.3 Å². The van der Waals surface area contributed by atoms with Crippen LogP contribution in [-0.2, 0) is 0 Å². The number of hydrogen-bond donors (Lipinski definition) is 0. The Morgan fingerprint density at radius 2 is 0.925 bits per heavy atom. The van der Waals surface area contributed by atoms with Crippen molar-refractivity contribution < 1.29 is 9.53 Å². The van der Waals surface area contributed by atoms with E-state index in [9.17, 15) is 4.79 Å². The second-order valence-electron chi connectivity index (χ2n) is 10.0. The molecule has 0 fully saturated rings. The molecule has 0 spiro atoms. The van der Waals surface area contributed by atoms with E-state index in [0.717, 1.165) is 22.3 Å². The molecule has 4 heteroatoms. The Kier molecular flexibility index (Phi) is 12.3. The average molecular weight is 569 g/mol. The van der Waals surface area contributed by atoms with Crippen molar-refractivity contribution in [2.24, 2.45) is 0 Å². The Bertz CT molecular complexity index is 1300. The van der Waals surface area contributed by atoms with E-state index in [1.54, 1.807) is 0 Å². The Balaban J connectivity index is 1.28. The maximum Gasteiger partial charge on any atom is 0.343 e. The number of carbonyl (C=O) groups excluding carboxylic acids is 1. The Morgan fingerprint density at radius 3 is 1.40 bits per heavy atom. The van der Waals surface area contributed by atoms with E-state index in [0.29, 0.717) is 11.3 Å². The fourth-order valence-electron chi connectivity index (χ4n) is 4.43. The molecule has 0 saturated carbocycles. The molecule has 4 aromatic carbocycles. The quantitative estimate of drug-likeness (QED) is 0.0616. The van der Waals surface area contributed by atoms with Gasteiger partial charge in [0.1, 0.15) is 5.75 Å². The highest BCUT2D eigenvalue weighted by Gasteiger charge is 2.10. The topological polar surface area (TPSA) is 26.3 Å². The summed E-state index contributed by atoms with van der Waals surface area (Å²) in [6.07, 6.45) is 9.00. The summed E-state index contributed by atoms with van der Waals surface area (Å²) in [5.74, 6) is 2.54. The van der Waals surface area contributed by atoms with Crippen molar-refractivity contribution in [3.05, 3.63) is 103 Å². The molecule has 4 aromatic rings. The number of ether oxygens (including phenoxy) is 1. The van der Waals surface area contributed by atoms with Gasteiger partial charge in [-0.2, -0.15) is 0 Å². The van der Waals surface area contributed by atoms with E-state index in [1.807, 2.05) is 72.1 Å². The van der Waals surface area contributed by atoms with Gasteiger partial charge in [-0.25, -0.2) is 4.79 Å². The number of hydrogen-bond acceptors (Lipinski definition) is 4. The summed E-state index contributed by atoms with van der Waals surface area (Å²) in [6.45, 7) is 4.48. The van der Waals surface area contributed by atoms with E-state index in [2.05, 4.69) is 62.4 Å². The van der Waals surface area contributed by atoms with Crippen molar-refractivity contribution in [3.63, 3.8) is 0 Å². The predicted octanol–water partition coefficient (Wildman–Crippen LogP) is 11.2. The molecular formula is C36H40O2S2. The number of thioether (sulfide) groups is 2. The van der Waals surface area contributed by atoms with Crippen LogP contribution in [0.15, 0.2) is 107 Å². The number of rotatable bonds is 15. The molecule has 0 heterocycles. The summed E-state index contributed by atoms with van der Waals surface area (Å²) in [6, 6.07) is 32.7. The lowest BCUT2D eigenvalue weighted by Gasteiger charge is -2.08. The molecule has 40 heavy (non-hydrogen) atoms. The van der Waals surface area contributed by atoms with Crippen molar-refractivity contribution in [2.75, 3.05) is 11.5 Å². The molecule has 0 aromatic heterocycles. The van der Waals surface area contributed by atoms with Crippen molar-refractivity contribution >= 4 is 29.5 Å². The lowest BCUT2D eigenvalue weighted by molar-refractivity contribution is 0.0735. The van der Waals surface area contributed by atoms with Crippen LogP contribution >= 0.6 is 23.5 Å². The van der Waals surface area contributed by atoms with Gasteiger partial charge in [-0.3, -0.25) is 0 Å². The van der Waals surface area contributed by atoms with E-state index < -0.39 is 0 Å². The standard InChI is InChI=1S/C36H40O2S2/c1-3-5-7-9-27-40-35-24-18-31(19-25-35)29-14-20-33(21-15-29)38-36(37)32-12-10-28(11-13-32)30-16-22-34(23-17-30)39-26-8-6-4-2/h10-25H,3-9,26-27H2,1-2H3. The zero-order valence-corrected chi connectivity index (χ0v) is 25.4. The molecule has 2 nitrogen and oxygen atoms in total. The van der Waals surface area contributed by atoms with Gasteiger partial charge in [0.2, 0.25) is 0 Å². The molecule has 4 rings (SSSR count). The maximum atomic E-state index is 12.8. The molecule has 0 N–H and O–H groups in total. The second kappa shape index (κ2) is 16.3. The minimum Gasteiger partial charge on any atom is -0.423 e. The van der Waals surface area contributed by atoms with E-state index in [4.69, 9.17) is 4.74 Å². The van der Waals surface area contributed by atoms with Gasteiger partial charge in [-0.05, 0) is 95.1 Å². The molecule has 208 valence electrons. The fraction of sp³-hybridized carbons (Fsp3) is 0.306. The zero-order valence-electron chi connectivity index (χ0n) is 23.7. The smallest absolute Gasteiger partial charge is 0.343 e. The molecule has 0 radical (unpaired) electrons. The summed E-state index contributed by atoms with van der Waals surface area (Å²) in [5.41, 5.74) is 5.04. The zero-order chi connectivity index (χ0) is 28.0. The molecule has 0 aliphatic carbocycles. The van der Waals surface area contributed by atoms with E-state index in [-0.39, 0.29) is 5.97 Å². The van der Waals surface area contributed by atoms with Crippen molar-refractivity contribution in [1.82, 2.24) is 0 Å². The first kappa shape index (κ1) is 30.0. The SMILES string of the molecule is CCCCCCSc1ccc(-c2ccc(OC(=O)c3ccc(-c4ccc(SCCCCC)cc4)cc3)cc2)cc1. The van der Waals surface area contributed by atoms with Gasteiger partial charge in [0.05, 0.1) is 5.56 Å². The molecule has 0 aliphatic rings. The third-order valence-electron chi connectivity index (χ3n) is 6.84. The summed E-state index contributed by atoms with van der Waals surface area (Å²) < 4.78 is 5.65. The minimum atomic E-state index is -0.349. The van der Waals surface area contributed by atoms with Crippen LogP contribution in [0.5, 0.6) is 5.75 Å². The van der Waals surface area contributed by atoms with Crippen LogP contribution in [0.3, 0.4) is 0 Å². The molecule has 0 aliphatic heterocycles. The summed E-state index contributed by atoms with van der Waals surface area (Å²) in [4.78, 5) is 15.4. The lowest BCUT2D eigenvalue weighted by atomic mass is 10.0. The van der Waals surface area contributed by atoms with Crippen LogP contribution < -0.4 is 4.74 Å². The van der Waals surface area contributed by atoms with Crippen molar-refractivity contribution in [1.29, 1.82) is 0 Å². The van der Waals surface area contributed by atoms with Gasteiger partial charge in [0.15, 0.2) is 0 Å². The normalized spacial score (nSPS) is 10.9. The van der Waals surface area contributed by atoms with Crippen LogP contribution in [-0.4, -0.2) is 17.5 Å². The Labute approximate surface area is 249 Å². The van der Waals surface area contributed by atoms with Gasteiger partial charge < -0.3 is 4.74 Å². The second-order valence-corrected chi connectivity index (χ2v) is 12.3. The van der Waals surface area contributed by atoms with Gasteiger partial charge in [-0.1, -0.05) is 94.5 Å². The van der Waals surface area contributed by atoms with Crippen LogP contribution in [0, 0.1) is 0 Å². The maximum absolute atomic E-state index is 12.8. The third-order valence-corrected chi connectivity index (χ3v) is 9.04. The molecule has 0 bridgehead atoms. The van der Waals surface area contributed by atoms with Gasteiger partial charge >= 0.3 is 5.97 Å². The Hall–Kier alpha value is -2.95. The fourth-order valence-corrected chi connectivity index (χ4v) is 6.25.